The van der Waals surface area contributed by atoms with E-state index in [9.17, 15) is 4.79 Å². The van der Waals surface area contributed by atoms with Crippen molar-refractivity contribution in [2.45, 2.75) is 38.5 Å². The van der Waals surface area contributed by atoms with Gasteiger partial charge in [-0.3, -0.25) is 9.69 Å². The number of ether oxygens (including phenoxy) is 2. The van der Waals surface area contributed by atoms with Crippen molar-refractivity contribution in [3.8, 4) is 5.75 Å². The standard InChI is InChI=1S/C28H33N7O3/c1-19-5-3-6-20-17-24(28(36)29-25(19)20)26(27-30-31-32-35(27)18-23-7-4-16-38-23)34-14-12-33(13-15-34)21-8-10-22(37-2)11-9-21/h3,5-6,8-11,17,23,26H,4,7,12-16,18H2,1-2H3,(H,29,36)/t23-,26+/m1/s1. The highest BCUT2D eigenvalue weighted by Gasteiger charge is 2.33. The maximum Gasteiger partial charge on any atom is 0.253 e. The first kappa shape index (κ1) is 24.6. The van der Waals surface area contributed by atoms with Gasteiger partial charge in [-0.05, 0) is 71.5 Å². The van der Waals surface area contributed by atoms with E-state index in [-0.39, 0.29) is 17.7 Å². The number of anilines is 1. The van der Waals surface area contributed by atoms with Gasteiger partial charge in [0.1, 0.15) is 11.8 Å². The minimum Gasteiger partial charge on any atom is -0.497 e. The summed E-state index contributed by atoms with van der Waals surface area (Å²) in [5.74, 6) is 1.52. The second kappa shape index (κ2) is 10.5. The Kier molecular flexibility index (Phi) is 6.82. The molecule has 0 radical (unpaired) electrons. The second-order valence-electron chi connectivity index (χ2n) is 10.1. The lowest BCUT2D eigenvalue weighted by Gasteiger charge is -2.39. The minimum absolute atomic E-state index is 0.0855. The molecule has 0 aliphatic carbocycles. The average Bonchev–Trinajstić information content (AvgIpc) is 3.63. The van der Waals surface area contributed by atoms with Crippen LogP contribution in [0.1, 0.15) is 35.8 Å². The third-order valence-corrected chi connectivity index (χ3v) is 7.73. The fourth-order valence-corrected chi connectivity index (χ4v) is 5.65. The number of para-hydroxylation sites is 1. The minimum atomic E-state index is -0.377. The smallest absolute Gasteiger partial charge is 0.253 e. The highest BCUT2D eigenvalue weighted by Crippen LogP contribution is 2.30. The van der Waals surface area contributed by atoms with Crippen LogP contribution >= 0.6 is 0 Å². The molecule has 2 atom stereocenters. The first-order chi connectivity index (χ1) is 18.6. The van der Waals surface area contributed by atoms with Crippen molar-refractivity contribution in [2.24, 2.45) is 0 Å². The number of aromatic nitrogens is 5. The summed E-state index contributed by atoms with van der Waals surface area (Å²) >= 11 is 0. The molecular formula is C28H33N7O3. The molecular weight excluding hydrogens is 482 g/mol. The molecule has 4 aromatic rings. The Balaban J connectivity index is 1.34. The number of nitrogens with zero attached hydrogens (tertiary/aromatic N) is 6. The van der Waals surface area contributed by atoms with Gasteiger partial charge in [0.2, 0.25) is 0 Å². The van der Waals surface area contributed by atoms with E-state index in [1.807, 2.05) is 48.0 Å². The lowest BCUT2D eigenvalue weighted by molar-refractivity contribution is 0.0906. The van der Waals surface area contributed by atoms with E-state index in [2.05, 4.69) is 42.4 Å². The Morgan fingerprint density at radius 2 is 1.95 bits per heavy atom. The topological polar surface area (TPSA) is 101 Å². The fourth-order valence-electron chi connectivity index (χ4n) is 5.65. The number of rotatable bonds is 7. The number of aromatic amines is 1. The van der Waals surface area contributed by atoms with Gasteiger partial charge in [-0.25, -0.2) is 4.68 Å². The van der Waals surface area contributed by atoms with E-state index in [0.717, 1.165) is 73.5 Å². The molecule has 10 nitrogen and oxygen atoms in total. The zero-order valence-electron chi connectivity index (χ0n) is 21.8. The number of tetrazole rings is 1. The zero-order valence-corrected chi connectivity index (χ0v) is 21.8. The fraction of sp³-hybridized carbons (Fsp3) is 0.429. The van der Waals surface area contributed by atoms with Crippen LogP contribution < -0.4 is 15.2 Å². The molecule has 2 fully saturated rings. The van der Waals surface area contributed by atoms with E-state index >= 15 is 0 Å². The summed E-state index contributed by atoms with van der Waals surface area (Å²) in [5.41, 5.74) is 3.61. The Morgan fingerprint density at radius 1 is 1.13 bits per heavy atom. The van der Waals surface area contributed by atoms with Gasteiger partial charge in [0.05, 0.1) is 25.3 Å². The van der Waals surface area contributed by atoms with Crippen LogP contribution in [-0.4, -0.2) is 76.1 Å². The summed E-state index contributed by atoms with van der Waals surface area (Å²) in [5, 5.41) is 13.8. The highest BCUT2D eigenvalue weighted by molar-refractivity contribution is 5.82. The van der Waals surface area contributed by atoms with E-state index in [1.165, 1.54) is 0 Å². The van der Waals surface area contributed by atoms with Crippen LogP contribution in [0.15, 0.2) is 53.3 Å². The van der Waals surface area contributed by atoms with Crippen LogP contribution in [0.5, 0.6) is 5.75 Å². The summed E-state index contributed by atoms with van der Waals surface area (Å²) in [4.78, 5) is 21.4. The zero-order chi connectivity index (χ0) is 26.1. The van der Waals surface area contributed by atoms with Gasteiger partial charge >= 0.3 is 0 Å². The van der Waals surface area contributed by atoms with E-state index in [0.29, 0.717) is 17.9 Å². The molecule has 6 rings (SSSR count). The van der Waals surface area contributed by atoms with Crippen LogP contribution in [0.3, 0.4) is 0 Å². The normalized spacial score (nSPS) is 19.2. The quantitative estimate of drug-likeness (QED) is 0.401. The monoisotopic (exact) mass is 515 g/mol. The number of aryl methyl sites for hydroxylation is 1. The Hall–Kier alpha value is -3.76. The SMILES string of the molecule is COc1ccc(N2CCN([C@@H](c3cc4cccc(C)c4[nH]c3=O)c3nnnn3C[C@H]3CCCO3)CC2)cc1. The predicted molar refractivity (Wildman–Crippen MR) is 145 cm³/mol. The molecule has 10 heteroatoms. The number of fused-ring (bicyclic) bond motifs is 1. The summed E-state index contributed by atoms with van der Waals surface area (Å²) in [6.45, 7) is 6.51. The first-order valence-electron chi connectivity index (χ1n) is 13.2. The van der Waals surface area contributed by atoms with E-state index in [1.54, 1.807) is 7.11 Å². The van der Waals surface area contributed by atoms with Gasteiger partial charge < -0.3 is 19.4 Å². The van der Waals surface area contributed by atoms with Crippen molar-refractivity contribution in [1.82, 2.24) is 30.1 Å². The lowest BCUT2D eigenvalue weighted by atomic mass is 10.0. The summed E-state index contributed by atoms with van der Waals surface area (Å²) in [6.07, 6.45) is 2.12. The molecule has 0 amide bonds. The molecule has 198 valence electrons. The summed E-state index contributed by atoms with van der Waals surface area (Å²) in [6, 6.07) is 15.8. The predicted octanol–water partition coefficient (Wildman–Crippen LogP) is 2.92. The van der Waals surface area contributed by atoms with Crippen molar-refractivity contribution >= 4 is 16.6 Å². The first-order valence-corrected chi connectivity index (χ1v) is 13.2. The summed E-state index contributed by atoms with van der Waals surface area (Å²) in [7, 11) is 1.68. The van der Waals surface area contributed by atoms with Crippen LogP contribution in [0.25, 0.3) is 10.9 Å². The third-order valence-electron chi connectivity index (χ3n) is 7.73. The van der Waals surface area contributed by atoms with Gasteiger partial charge in [0.25, 0.3) is 5.56 Å². The number of H-pyrrole nitrogens is 1. The van der Waals surface area contributed by atoms with Gasteiger partial charge in [-0.1, -0.05) is 18.2 Å². The summed E-state index contributed by atoms with van der Waals surface area (Å²) < 4.78 is 13.0. The average molecular weight is 516 g/mol. The van der Waals surface area contributed by atoms with Gasteiger partial charge in [0, 0.05) is 44.0 Å². The van der Waals surface area contributed by atoms with Crippen molar-refractivity contribution in [3.63, 3.8) is 0 Å². The molecule has 0 spiro atoms. The second-order valence-corrected chi connectivity index (χ2v) is 10.1. The number of nitrogens with one attached hydrogen (secondary N) is 1. The largest absolute Gasteiger partial charge is 0.497 e. The Labute approximate surface area is 221 Å². The van der Waals surface area contributed by atoms with Gasteiger partial charge in [0.15, 0.2) is 5.82 Å². The number of pyridine rings is 1. The van der Waals surface area contributed by atoms with Crippen molar-refractivity contribution in [2.75, 3.05) is 44.8 Å². The molecule has 2 aromatic heterocycles. The molecule has 2 saturated heterocycles. The number of benzene rings is 2. The third kappa shape index (κ3) is 4.77. The van der Waals surface area contributed by atoms with Crippen LogP contribution in [0, 0.1) is 6.92 Å². The van der Waals surface area contributed by atoms with Crippen molar-refractivity contribution < 1.29 is 9.47 Å². The van der Waals surface area contributed by atoms with Gasteiger partial charge in [-0.15, -0.1) is 5.10 Å². The number of hydrogen-bond acceptors (Lipinski definition) is 8. The molecule has 0 unspecified atom stereocenters. The molecule has 2 aromatic carbocycles. The van der Waals surface area contributed by atoms with E-state index in [4.69, 9.17) is 9.47 Å². The lowest BCUT2D eigenvalue weighted by Crippen LogP contribution is -2.49. The van der Waals surface area contributed by atoms with Crippen LogP contribution in [0.2, 0.25) is 0 Å². The number of hydrogen-bond donors (Lipinski definition) is 1. The molecule has 2 aliphatic rings. The Bertz CT molecular complexity index is 1450. The molecule has 2 aliphatic heterocycles. The molecule has 0 saturated carbocycles. The van der Waals surface area contributed by atoms with Crippen molar-refractivity contribution in [3.05, 3.63) is 75.8 Å². The molecule has 38 heavy (non-hydrogen) atoms. The molecule has 0 bridgehead atoms. The maximum atomic E-state index is 13.6. The van der Waals surface area contributed by atoms with E-state index < -0.39 is 0 Å². The molecule has 4 heterocycles. The number of piperazine rings is 1. The van der Waals surface area contributed by atoms with Crippen LogP contribution in [-0.2, 0) is 11.3 Å². The maximum absolute atomic E-state index is 13.6. The van der Waals surface area contributed by atoms with Crippen LogP contribution in [0.4, 0.5) is 5.69 Å². The molecule has 1 N–H and O–H groups in total. The highest BCUT2D eigenvalue weighted by atomic mass is 16.5. The Morgan fingerprint density at radius 3 is 2.68 bits per heavy atom. The van der Waals surface area contributed by atoms with Crippen molar-refractivity contribution in [1.29, 1.82) is 0 Å². The number of methoxy groups -OCH3 is 1. The van der Waals surface area contributed by atoms with Gasteiger partial charge in [-0.2, -0.15) is 0 Å².